The molecular weight excluding hydrogens is 388 g/mol. The lowest BCUT2D eigenvalue weighted by molar-refractivity contribution is -0.133. The molecule has 3 aromatic rings. The Hall–Kier alpha value is -3.26. The average Bonchev–Trinajstić information content (AvgIpc) is 3.11. The highest BCUT2D eigenvalue weighted by molar-refractivity contribution is 7.15. The number of amides is 4. The third-order valence-corrected chi connectivity index (χ3v) is 6.17. The lowest BCUT2D eigenvalue weighted by Gasteiger charge is -2.22. The van der Waals surface area contributed by atoms with Crippen molar-refractivity contribution in [3.05, 3.63) is 58.6 Å². The van der Waals surface area contributed by atoms with E-state index in [-0.39, 0.29) is 6.54 Å². The number of fused-ring (bicyclic) bond motifs is 1. The van der Waals surface area contributed by atoms with Gasteiger partial charge in [-0.15, -0.1) is 11.3 Å². The highest BCUT2D eigenvalue weighted by atomic mass is 32.1. The molecule has 0 bridgehead atoms. The number of hydrogen-bond donors (Lipinski definition) is 2. The maximum atomic E-state index is 13.1. The second-order valence-electron chi connectivity index (χ2n) is 7.22. The Balaban J connectivity index is 1.54. The number of aryl methyl sites for hydroxylation is 2. The molecule has 2 aromatic carbocycles. The molecule has 1 unspecified atom stereocenters. The van der Waals surface area contributed by atoms with Crippen LogP contribution in [0.5, 0.6) is 0 Å². The maximum absolute atomic E-state index is 13.1. The third-order valence-electron chi connectivity index (χ3n) is 5.18. The summed E-state index contributed by atoms with van der Waals surface area (Å²) >= 11 is 1.35. The van der Waals surface area contributed by atoms with Gasteiger partial charge < -0.3 is 10.6 Å². The van der Waals surface area contributed by atoms with Crippen molar-refractivity contribution in [3.63, 3.8) is 0 Å². The molecular formula is C21H20N4O3S. The van der Waals surface area contributed by atoms with Crippen LogP contribution in [-0.2, 0) is 15.1 Å². The van der Waals surface area contributed by atoms with Crippen LogP contribution in [-0.4, -0.2) is 34.3 Å². The van der Waals surface area contributed by atoms with Gasteiger partial charge in [-0.2, -0.15) is 0 Å². The van der Waals surface area contributed by atoms with Crippen LogP contribution in [0.2, 0.25) is 0 Å². The molecule has 4 amide bonds. The average molecular weight is 408 g/mol. The number of hydrogen-bond acceptors (Lipinski definition) is 5. The van der Waals surface area contributed by atoms with Crippen LogP contribution in [0.1, 0.15) is 23.1 Å². The molecule has 148 valence electrons. The molecule has 2 heterocycles. The Labute approximate surface area is 171 Å². The van der Waals surface area contributed by atoms with Gasteiger partial charge in [0.2, 0.25) is 5.91 Å². The van der Waals surface area contributed by atoms with E-state index in [0.29, 0.717) is 10.7 Å². The van der Waals surface area contributed by atoms with Gasteiger partial charge >= 0.3 is 6.03 Å². The van der Waals surface area contributed by atoms with E-state index >= 15 is 0 Å². The van der Waals surface area contributed by atoms with Crippen LogP contribution in [0.25, 0.3) is 10.8 Å². The zero-order valence-corrected chi connectivity index (χ0v) is 17.1. The van der Waals surface area contributed by atoms with Crippen molar-refractivity contribution >= 4 is 45.1 Å². The Morgan fingerprint density at radius 1 is 1.17 bits per heavy atom. The number of carbonyl (C=O) groups is 3. The summed E-state index contributed by atoms with van der Waals surface area (Å²) in [5, 5.41) is 7.86. The summed E-state index contributed by atoms with van der Waals surface area (Å²) in [5.74, 6) is -0.926. The first kappa shape index (κ1) is 19.1. The zero-order chi connectivity index (χ0) is 20.8. The number of imide groups is 1. The number of nitrogens with zero attached hydrogens (tertiary/aromatic N) is 2. The summed E-state index contributed by atoms with van der Waals surface area (Å²) in [4.78, 5) is 44.1. The van der Waals surface area contributed by atoms with Crippen LogP contribution < -0.4 is 10.6 Å². The maximum Gasteiger partial charge on any atom is 0.325 e. The molecule has 1 aliphatic rings. The van der Waals surface area contributed by atoms with E-state index in [1.165, 1.54) is 11.3 Å². The van der Waals surface area contributed by atoms with Crippen molar-refractivity contribution in [3.8, 4) is 0 Å². The fourth-order valence-corrected chi connectivity index (χ4v) is 4.20. The Morgan fingerprint density at radius 2 is 1.90 bits per heavy atom. The van der Waals surface area contributed by atoms with Crippen molar-refractivity contribution in [2.75, 3.05) is 11.9 Å². The summed E-state index contributed by atoms with van der Waals surface area (Å²) < 4.78 is 0. The highest BCUT2D eigenvalue weighted by Crippen LogP contribution is 2.31. The predicted octanol–water partition coefficient (Wildman–Crippen LogP) is 3.32. The van der Waals surface area contributed by atoms with E-state index in [0.717, 1.165) is 26.2 Å². The fourth-order valence-electron chi connectivity index (χ4n) is 3.37. The van der Waals surface area contributed by atoms with E-state index in [9.17, 15) is 14.4 Å². The minimum absolute atomic E-state index is 0.370. The standard InChI is InChI=1S/C21H20N4O3S/c1-12-13(2)29-19(22-12)23-17(26)11-25-18(27)21(3,24-20(25)28)16-9-8-14-6-4-5-7-15(14)10-16/h4-10H,11H2,1-3H3,(H,24,28)(H,22,23,26). The summed E-state index contributed by atoms with van der Waals surface area (Å²) in [6.07, 6.45) is 0. The molecule has 1 aliphatic heterocycles. The Bertz CT molecular complexity index is 1140. The van der Waals surface area contributed by atoms with Crippen LogP contribution in [0, 0.1) is 13.8 Å². The predicted molar refractivity (Wildman–Crippen MR) is 112 cm³/mol. The first-order valence-electron chi connectivity index (χ1n) is 9.15. The van der Waals surface area contributed by atoms with E-state index < -0.39 is 23.4 Å². The van der Waals surface area contributed by atoms with Crippen molar-refractivity contribution in [1.82, 2.24) is 15.2 Å². The minimum atomic E-state index is -1.23. The van der Waals surface area contributed by atoms with E-state index in [1.807, 2.05) is 56.3 Å². The molecule has 7 nitrogen and oxygen atoms in total. The van der Waals surface area contributed by atoms with Crippen molar-refractivity contribution in [1.29, 1.82) is 0 Å². The van der Waals surface area contributed by atoms with E-state index in [1.54, 1.807) is 6.92 Å². The largest absolute Gasteiger partial charge is 0.325 e. The normalized spacial score (nSPS) is 18.9. The monoisotopic (exact) mass is 408 g/mol. The number of carbonyl (C=O) groups excluding carboxylic acids is 3. The number of anilines is 1. The fraction of sp³-hybridized carbons (Fsp3) is 0.238. The van der Waals surface area contributed by atoms with Crippen LogP contribution >= 0.6 is 11.3 Å². The molecule has 29 heavy (non-hydrogen) atoms. The van der Waals surface area contributed by atoms with Crippen molar-refractivity contribution < 1.29 is 14.4 Å². The molecule has 0 radical (unpaired) electrons. The van der Waals surface area contributed by atoms with Gasteiger partial charge in [0.25, 0.3) is 5.91 Å². The molecule has 4 rings (SSSR count). The second-order valence-corrected chi connectivity index (χ2v) is 8.42. The zero-order valence-electron chi connectivity index (χ0n) is 16.3. The van der Waals surface area contributed by atoms with Crippen LogP contribution in [0.4, 0.5) is 9.93 Å². The topological polar surface area (TPSA) is 91.4 Å². The van der Waals surface area contributed by atoms with Gasteiger partial charge in [-0.1, -0.05) is 36.4 Å². The first-order valence-corrected chi connectivity index (χ1v) is 9.97. The van der Waals surface area contributed by atoms with Crippen molar-refractivity contribution in [2.24, 2.45) is 0 Å². The Kier molecular flexibility index (Phi) is 4.58. The number of rotatable bonds is 4. The van der Waals surface area contributed by atoms with E-state index in [2.05, 4.69) is 15.6 Å². The Morgan fingerprint density at radius 3 is 2.59 bits per heavy atom. The van der Waals surface area contributed by atoms with Gasteiger partial charge in [0.1, 0.15) is 12.1 Å². The molecule has 2 N–H and O–H groups in total. The molecule has 0 saturated carbocycles. The molecule has 1 fully saturated rings. The first-order chi connectivity index (χ1) is 13.8. The molecule has 0 aliphatic carbocycles. The van der Waals surface area contributed by atoms with Gasteiger partial charge in [0.15, 0.2) is 5.13 Å². The molecule has 8 heteroatoms. The lowest BCUT2D eigenvalue weighted by atomic mass is 9.90. The number of benzene rings is 2. The van der Waals surface area contributed by atoms with Crippen molar-refractivity contribution in [2.45, 2.75) is 26.3 Å². The minimum Gasteiger partial charge on any atom is -0.319 e. The molecule has 1 atom stereocenters. The summed E-state index contributed by atoms with van der Waals surface area (Å²) in [7, 11) is 0. The van der Waals surface area contributed by atoms with Gasteiger partial charge in [-0.05, 0) is 43.2 Å². The van der Waals surface area contributed by atoms with Gasteiger partial charge in [-0.3, -0.25) is 14.5 Å². The number of thiazole rings is 1. The lowest BCUT2D eigenvalue weighted by Crippen LogP contribution is -2.42. The SMILES string of the molecule is Cc1nc(NC(=O)CN2C(=O)NC(C)(c3ccc4ccccc4c3)C2=O)sc1C. The number of aromatic nitrogens is 1. The highest BCUT2D eigenvalue weighted by Gasteiger charge is 2.49. The van der Waals surface area contributed by atoms with Crippen LogP contribution in [0.3, 0.4) is 0 Å². The van der Waals surface area contributed by atoms with E-state index in [4.69, 9.17) is 0 Å². The molecule has 1 saturated heterocycles. The van der Waals surface area contributed by atoms with Gasteiger partial charge in [0, 0.05) is 4.88 Å². The summed E-state index contributed by atoms with van der Waals surface area (Å²) in [6, 6.07) is 12.8. The smallest absolute Gasteiger partial charge is 0.319 e. The van der Waals surface area contributed by atoms with Crippen LogP contribution in [0.15, 0.2) is 42.5 Å². The summed E-state index contributed by atoms with van der Waals surface area (Å²) in [6.45, 7) is 5.05. The van der Waals surface area contributed by atoms with Gasteiger partial charge in [-0.25, -0.2) is 9.78 Å². The van der Waals surface area contributed by atoms with Gasteiger partial charge in [0.05, 0.1) is 5.69 Å². The number of urea groups is 1. The molecule has 0 spiro atoms. The second kappa shape index (κ2) is 6.97. The molecule has 1 aromatic heterocycles. The number of nitrogens with one attached hydrogen (secondary N) is 2. The quantitative estimate of drug-likeness (QED) is 0.648. The third kappa shape index (κ3) is 3.36. The summed E-state index contributed by atoms with van der Waals surface area (Å²) in [5.41, 5.74) is 0.281.